The highest BCUT2D eigenvalue weighted by molar-refractivity contribution is 5.49. The Labute approximate surface area is 177 Å². The minimum absolute atomic E-state index is 0.468. The van der Waals surface area contributed by atoms with E-state index in [0.29, 0.717) is 24.2 Å². The van der Waals surface area contributed by atoms with Crippen LogP contribution in [0.4, 0.5) is 0 Å². The molecule has 150 valence electrons. The molecule has 4 N–H and O–H groups in total. The van der Waals surface area contributed by atoms with Crippen molar-refractivity contribution in [1.82, 2.24) is 9.97 Å². The molecule has 1 aromatic carbocycles. The number of benzene rings is 1. The lowest BCUT2D eigenvalue weighted by Crippen LogP contribution is -1.98. The highest BCUT2D eigenvalue weighted by Crippen LogP contribution is 2.20. The third kappa shape index (κ3) is 5.21. The quantitative estimate of drug-likeness (QED) is 0.369. The first-order valence-electron chi connectivity index (χ1n) is 9.69. The first-order valence-corrected chi connectivity index (χ1v) is 9.69. The Morgan fingerprint density at radius 1 is 0.700 bits per heavy atom. The molecule has 0 saturated heterocycles. The van der Waals surface area contributed by atoms with Crippen LogP contribution in [0.5, 0.6) is 0 Å². The van der Waals surface area contributed by atoms with E-state index in [0.717, 1.165) is 22.3 Å². The summed E-state index contributed by atoms with van der Waals surface area (Å²) in [7, 11) is 0. The zero-order chi connectivity index (χ0) is 21.3. The maximum atomic E-state index is 10.1. The Morgan fingerprint density at radius 3 is 1.47 bits per heavy atom. The van der Waals surface area contributed by atoms with Gasteiger partial charge in [0.25, 0.3) is 0 Å². The van der Waals surface area contributed by atoms with E-state index in [4.69, 9.17) is 0 Å². The molecule has 2 aromatic heterocycles. The summed E-state index contributed by atoms with van der Waals surface area (Å²) in [5, 5.41) is 20.3. The van der Waals surface area contributed by atoms with Gasteiger partial charge < -0.3 is 20.2 Å². The summed E-state index contributed by atoms with van der Waals surface area (Å²) in [5.41, 5.74) is 4.65. The Morgan fingerprint density at radius 2 is 1.10 bits per heavy atom. The minimum Gasteiger partial charge on any atom is -0.387 e. The number of rotatable bonds is 6. The molecule has 0 aliphatic carbocycles. The van der Waals surface area contributed by atoms with Crippen molar-refractivity contribution in [2.75, 3.05) is 0 Å². The van der Waals surface area contributed by atoms with E-state index in [1.165, 1.54) is 0 Å². The Hall–Kier alpha value is -3.70. The summed E-state index contributed by atoms with van der Waals surface area (Å²) < 4.78 is 0. The number of aromatic amines is 2. The van der Waals surface area contributed by atoms with Crippen LogP contribution in [0.25, 0.3) is 0 Å². The van der Waals surface area contributed by atoms with E-state index in [9.17, 15) is 10.2 Å². The predicted molar refractivity (Wildman–Crippen MR) is 120 cm³/mol. The zero-order valence-corrected chi connectivity index (χ0v) is 16.7. The number of aliphatic hydroxyl groups excluding tert-OH is 2. The third-order valence-corrected chi connectivity index (χ3v) is 4.57. The Bertz CT molecular complexity index is 1040. The van der Waals surface area contributed by atoms with Crippen LogP contribution in [0.3, 0.4) is 0 Å². The van der Waals surface area contributed by atoms with Gasteiger partial charge in [0.2, 0.25) is 0 Å². The summed E-state index contributed by atoms with van der Waals surface area (Å²) in [4.78, 5) is 6.08. The molecule has 0 aliphatic heterocycles. The first kappa shape index (κ1) is 21.0. The lowest BCUT2D eigenvalue weighted by molar-refractivity contribution is 0.177. The van der Waals surface area contributed by atoms with Crippen molar-refractivity contribution in [3.63, 3.8) is 0 Å². The van der Waals surface area contributed by atoms with Crippen molar-refractivity contribution in [2.45, 2.75) is 25.0 Å². The second-order valence-corrected chi connectivity index (χ2v) is 6.77. The fourth-order valence-corrected chi connectivity index (χ4v) is 3.00. The van der Waals surface area contributed by atoms with Gasteiger partial charge >= 0.3 is 0 Å². The highest BCUT2D eigenvalue weighted by Gasteiger charge is 2.11. The fourth-order valence-electron chi connectivity index (χ4n) is 3.00. The highest BCUT2D eigenvalue weighted by atomic mass is 16.3. The van der Waals surface area contributed by atoms with E-state index in [1.54, 1.807) is 24.5 Å². The maximum Gasteiger partial charge on any atom is 0.0984 e. The smallest absolute Gasteiger partial charge is 0.0984 e. The van der Waals surface area contributed by atoms with Gasteiger partial charge in [-0.25, -0.2) is 0 Å². The van der Waals surface area contributed by atoms with Gasteiger partial charge in [-0.2, -0.15) is 0 Å². The van der Waals surface area contributed by atoms with E-state index in [-0.39, 0.29) is 0 Å². The largest absolute Gasteiger partial charge is 0.387 e. The van der Waals surface area contributed by atoms with E-state index < -0.39 is 12.2 Å². The predicted octanol–water partition coefficient (Wildman–Crippen LogP) is 4.36. The van der Waals surface area contributed by atoms with Gasteiger partial charge in [0.15, 0.2) is 0 Å². The number of aromatic nitrogens is 2. The van der Waals surface area contributed by atoms with E-state index in [2.05, 4.69) is 46.8 Å². The van der Waals surface area contributed by atoms with Crippen LogP contribution in [-0.2, 0) is 0 Å². The molecular weight excluding hydrogens is 372 g/mol. The first-order chi connectivity index (χ1) is 14.6. The van der Waals surface area contributed by atoms with Crippen LogP contribution < -0.4 is 0 Å². The minimum atomic E-state index is -0.636. The second kappa shape index (κ2) is 10.2. The van der Waals surface area contributed by atoms with Crippen LogP contribution in [0, 0.1) is 23.7 Å². The molecule has 0 fully saturated rings. The molecule has 0 aliphatic rings. The van der Waals surface area contributed by atoms with Crippen molar-refractivity contribution < 1.29 is 10.2 Å². The van der Waals surface area contributed by atoms with Crippen molar-refractivity contribution in [2.24, 2.45) is 0 Å². The third-order valence-electron chi connectivity index (χ3n) is 4.57. The van der Waals surface area contributed by atoms with Gasteiger partial charge in [-0.05, 0) is 49.2 Å². The summed E-state index contributed by atoms with van der Waals surface area (Å²) in [6.07, 6.45) is 6.56. The summed E-state index contributed by atoms with van der Waals surface area (Å²) >= 11 is 0. The van der Waals surface area contributed by atoms with Crippen LogP contribution in [0.1, 0.15) is 58.7 Å². The summed E-state index contributed by atoms with van der Waals surface area (Å²) in [5.74, 6) is 12.4. The lowest BCUT2D eigenvalue weighted by Gasteiger charge is -2.06. The molecule has 2 atom stereocenters. The molecule has 0 radical (unpaired) electrons. The van der Waals surface area contributed by atoms with Gasteiger partial charge in [0, 0.05) is 34.6 Å². The van der Waals surface area contributed by atoms with Gasteiger partial charge in [0.1, 0.15) is 0 Å². The molecule has 0 spiro atoms. The standard InChI is InChI=1S/C26H24N2O2/c1-3-5-23(29)25-21(15-17-27-25)13-11-19-7-9-20(10-8-19)12-14-22-16-18-28-26(22)24(30)6-4-2/h3-4,7-10,15-18,23-24,27-30H,1-2,5-6H2. The normalized spacial score (nSPS) is 12.1. The van der Waals surface area contributed by atoms with Crippen LogP contribution in [0.2, 0.25) is 0 Å². The molecule has 2 heterocycles. The number of hydrogen-bond donors (Lipinski definition) is 4. The maximum absolute atomic E-state index is 10.1. The second-order valence-electron chi connectivity index (χ2n) is 6.77. The van der Waals surface area contributed by atoms with Crippen LogP contribution in [-0.4, -0.2) is 20.2 Å². The van der Waals surface area contributed by atoms with Crippen molar-refractivity contribution in [1.29, 1.82) is 0 Å². The van der Waals surface area contributed by atoms with Crippen LogP contribution in [0.15, 0.2) is 74.1 Å². The molecule has 4 heteroatoms. The fraction of sp³-hybridized carbons (Fsp3) is 0.154. The van der Waals surface area contributed by atoms with E-state index >= 15 is 0 Å². The molecular formula is C26H24N2O2. The van der Waals surface area contributed by atoms with Crippen LogP contribution >= 0.6 is 0 Å². The van der Waals surface area contributed by atoms with Gasteiger partial charge in [0.05, 0.1) is 23.6 Å². The Kier molecular flexibility index (Phi) is 7.14. The summed E-state index contributed by atoms with van der Waals surface area (Å²) in [6, 6.07) is 11.3. The molecule has 30 heavy (non-hydrogen) atoms. The molecule has 3 rings (SSSR count). The molecule has 4 nitrogen and oxygen atoms in total. The monoisotopic (exact) mass is 396 g/mol. The number of H-pyrrole nitrogens is 2. The van der Waals surface area contributed by atoms with Gasteiger partial charge in [-0.3, -0.25) is 0 Å². The zero-order valence-electron chi connectivity index (χ0n) is 16.7. The molecule has 3 aromatic rings. The van der Waals surface area contributed by atoms with E-state index in [1.807, 2.05) is 36.4 Å². The number of aliphatic hydroxyl groups is 2. The molecule has 0 amide bonds. The number of hydrogen-bond acceptors (Lipinski definition) is 2. The lowest BCUT2D eigenvalue weighted by atomic mass is 10.1. The average Bonchev–Trinajstić information content (AvgIpc) is 3.41. The molecule has 0 saturated carbocycles. The van der Waals surface area contributed by atoms with Crippen molar-refractivity contribution >= 4 is 0 Å². The van der Waals surface area contributed by atoms with Gasteiger partial charge in [-0.1, -0.05) is 35.8 Å². The number of nitrogens with one attached hydrogen (secondary N) is 2. The summed E-state index contributed by atoms with van der Waals surface area (Å²) in [6.45, 7) is 7.31. The molecule has 0 bridgehead atoms. The SMILES string of the molecule is C=CCC(O)c1[nH]ccc1C#Cc1ccc(C#Cc2cc[nH]c2C(O)CC=C)cc1. The topological polar surface area (TPSA) is 72.0 Å². The average molecular weight is 396 g/mol. The van der Waals surface area contributed by atoms with Crippen molar-refractivity contribution in [3.8, 4) is 23.7 Å². The van der Waals surface area contributed by atoms with Crippen molar-refractivity contribution in [3.05, 3.63) is 108 Å². The molecule has 2 unspecified atom stereocenters. The Balaban J connectivity index is 1.73. The van der Waals surface area contributed by atoms with Gasteiger partial charge in [-0.15, -0.1) is 13.2 Å².